The summed E-state index contributed by atoms with van der Waals surface area (Å²) in [5.74, 6) is 1.79. The number of hydrogen-bond acceptors (Lipinski definition) is 3. The van der Waals surface area contributed by atoms with Gasteiger partial charge < -0.3 is 4.42 Å². The molecule has 3 rings (SSSR count). The first kappa shape index (κ1) is 13.5. The van der Waals surface area contributed by atoms with Crippen molar-refractivity contribution in [3.8, 4) is 0 Å². The molecule has 20 heavy (non-hydrogen) atoms. The Kier molecular flexibility index (Phi) is 3.24. The summed E-state index contributed by atoms with van der Waals surface area (Å²) >= 11 is 0. The summed E-state index contributed by atoms with van der Waals surface area (Å²) in [5.41, 5.74) is 2.71. The smallest absolute Gasteiger partial charge is 0.232 e. The van der Waals surface area contributed by atoms with E-state index >= 15 is 0 Å². The molecule has 108 valence electrons. The largest absolute Gasteiger partial charge is 0.461 e. The highest BCUT2D eigenvalue weighted by Gasteiger charge is 2.22. The maximum absolute atomic E-state index is 11.6. The van der Waals surface area contributed by atoms with Crippen LogP contribution in [0.25, 0.3) is 11.0 Å². The van der Waals surface area contributed by atoms with Crippen molar-refractivity contribution in [2.45, 2.75) is 33.1 Å². The molecule has 5 heteroatoms. The lowest BCUT2D eigenvalue weighted by Gasteiger charge is -2.16. The molecule has 4 nitrogen and oxygen atoms in total. The molecule has 0 fully saturated rings. The number of furan rings is 1. The fourth-order valence-electron chi connectivity index (χ4n) is 2.77. The average molecular weight is 293 g/mol. The van der Waals surface area contributed by atoms with Crippen molar-refractivity contribution in [1.29, 1.82) is 0 Å². The van der Waals surface area contributed by atoms with Crippen LogP contribution in [0.3, 0.4) is 0 Å². The minimum absolute atomic E-state index is 0.0750. The van der Waals surface area contributed by atoms with Gasteiger partial charge in [0.2, 0.25) is 10.0 Å². The fourth-order valence-corrected chi connectivity index (χ4v) is 3.40. The van der Waals surface area contributed by atoms with Gasteiger partial charge in [0.1, 0.15) is 11.3 Å². The van der Waals surface area contributed by atoms with Crippen LogP contribution >= 0.6 is 0 Å². The molecule has 1 aliphatic rings. The summed E-state index contributed by atoms with van der Waals surface area (Å²) in [6, 6.07) is 5.50. The van der Waals surface area contributed by atoms with Crippen LogP contribution in [-0.2, 0) is 22.9 Å². The number of sulfonamides is 1. The van der Waals surface area contributed by atoms with Gasteiger partial charge in [-0.3, -0.25) is 4.72 Å². The number of rotatable bonds is 3. The van der Waals surface area contributed by atoms with Gasteiger partial charge in [-0.25, -0.2) is 8.42 Å². The van der Waals surface area contributed by atoms with Gasteiger partial charge in [0.15, 0.2) is 0 Å². The molecular formula is C15H19NO3S. The van der Waals surface area contributed by atoms with Crippen LogP contribution in [-0.4, -0.2) is 14.2 Å². The molecular weight excluding hydrogens is 274 g/mol. The molecule has 0 spiro atoms. The molecule has 1 N–H and O–H groups in total. The Morgan fingerprint density at radius 3 is 2.95 bits per heavy atom. The molecule has 1 unspecified atom stereocenters. The zero-order chi connectivity index (χ0) is 14.3. The summed E-state index contributed by atoms with van der Waals surface area (Å²) in [6.07, 6.45) is 3.13. The summed E-state index contributed by atoms with van der Waals surface area (Å²) < 4.78 is 31.8. The van der Waals surface area contributed by atoms with Crippen molar-refractivity contribution in [2.75, 3.05) is 10.5 Å². The zero-order valence-corrected chi connectivity index (χ0v) is 12.6. The van der Waals surface area contributed by atoms with E-state index in [-0.39, 0.29) is 5.75 Å². The number of hydrogen-bond donors (Lipinski definition) is 1. The molecule has 1 aromatic carbocycles. The monoisotopic (exact) mass is 293 g/mol. The Morgan fingerprint density at radius 2 is 2.20 bits per heavy atom. The Balaban J connectivity index is 2.04. The standard InChI is InChI=1S/C15H19NO3S/c1-3-20(17,18)16-11-5-7-15-13(9-11)12-8-10(2)4-6-14(12)19-15/h5,7,9-10,16H,3-4,6,8H2,1-2H3. The van der Waals surface area contributed by atoms with E-state index in [1.165, 1.54) is 5.56 Å². The molecule has 1 aromatic heterocycles. The molecule has 0 saturated carbocycles. The van der Waals surface area contributed by atoms with Gasteiger partial charge in [-0.1, -0.05) is 6.92 Å². The normalized spacial score (nSPS) is 19.0. The van der Waals surface area contributed by atoms with E-state index < -0.39 is 10.0 Å². The molecule has 1 aliphatic carbocycles. The van der Waals surface area contributed by atoms with Crippen LogP contribution in [0.5, 0.6) is 0 Å². The quantitative estimate of drug-likeness (QED) is 0.944. The van der Waals surface area contributed by atoms with E-state index in [0.717, 1.165) is 36.0 Å². The van der Waals surface area contributed by atoms with Gasteiger partial charge in [0.05, 0.1) is 5.75 Å². The molecule has 0 amide bonds. The average Bonchev–Trinajstić information content (AvgIpc) is 2.76. The van der Waals surface area contributed by atoms with E-state index in [9.17, 15) is 8.42 Å². The van der Waals surface area contributed by atoms with E-state index in [0.29, 0.717) is 11.6 Å². The lowest BCUT2D eigenvalue weighted by atomic mass is 9.88. The third-order valence-corrected chi connectivity index (χ3v) is 5.25. The first-order chi connectivity index (χ1) is 9.48. The first-order valence-corrected chi connectivity index (χ1v) is 8.68. The highest BCUT2D eigenvalue weighted by atomic mass is 32.2. The van der Waals surface area contributed by atoms with E-state index in [4.69, 9.17) is 4.42 Å². The third kappa shape index (κ3) is 2.42. The van der Waals surface area contributed by atoms with Gasteiger partial charge in [0.25, 0.3) is 0 Å². The minimum Gasteiger partial charge on any atom is -0.461 e. The number of benzene rings is 1. The topological polar surface area (TPSA) is 59.3 Å². The molecule has 0 radical (unpaired) electrons. The number of nitrogens with one attached hydrogen (secondary N) is 1. The Hall–Kier alpha value is -1.49. The van der Waals surface area contributed by atoms with Crippen LogP contribution in [0.2, 0.25) is 0 Å². The highest BCUT2D eigenvalue weighted by molar-refractivity contribution is 7.92. The summed E-state index contributed by atoms with van der Waals surface area (Å²) in [5, 5.41) is 1.04. The molecule has 0 saturated heterocycles. The van der Waals surface area contributed by atoms with Gasteiger partial charge >= 0.3 is 0 Å². The van der Waals surface area contributed by atoms with Crippen molar-refractivity contribution in [3.05, 3.63) is 29.5 Å². The number of fused-ring (bicyclic) bond motifs is 3. The van der Waals surface area contributed by atoms with Crippen LogP contribution in [0, 0.1) is 5.92 Å². The van der Waals surface area contributed by atoms with E-state index in [2.05, 4.69) is 11.6 Å². The Bertz CT molecular complexity index is 746. The third-order valence-electron chi connectivity index (χ3n) is 3.94. The SMILES string of the molecule is CCS(=O)(=O)Nc1ccc2oc3c(c2c1)CC(C)CC3. The predicted molar refractivity (Wildman–Crippen MR) is 80.5 cm³/mol. The lowest BCUT2D eigenvalue weighted by molar-refractivity contribution is 0.438. The predicted octanol–water partition coefficient (Wildman–Crippen LogP) is 3.32. The highest BCUT2D eigenvalue weighted by Crippen LogP contribution is 2.35. The van der Waals surface area contributed by atoms with Crippen LogP contribution < -0.4 is 4.72 Å². The van der Waals surface area contributed by atoms with Gasteiger partial charge in [0, 0.05) is 23.1 Å². The van der Waals surface area contributed by atoms with E-state index in [1.807, 2.05) is 12.1 Å². The molecule has 1 heterocycles. The Morgan fingerprint density at radius 1 is 1.40 bits per heavy atom. The lowest BCUT2D eigenvalue weighted by Crippen LogP contribution is -2.14. The molecule has 2 aromatic rings. The molecule has 1 atom stereocenters. The maximum atomic E-state index is 11.6. The first-order valence-electron chi connectivity index (χ1n) is 7.03. The summed E-state index contributed by atoms with van der Waals surface area (Å²) in [7, 11) is -3.24. The van der Waals surface area contributed by atoms with Crippen molar-refractivity contribution in [1.82, 2.24) is 0 Å². The van der Waals surface area contributed by atoms with Crippen LogP contribution in [0.4, 0.5) is 5.69 Å². The molecule has 0 aliphatic heterocycles. The second-order valence-electron chi connectivity index (χ2n) is 5.57. The number of aryl methyl sites for hydroxylation is 1. The van der Waals surface area contributed by atoms with Crippen molar-refractivity contribution >= 4 is 26.7 Å². The summed E-state index contributed by atoms with van der Waals surface area (Å²) in [6.45, 7) is 3.87. The second-order valence-corrected chi connectivity index (χ2v) is 7.58. The van der Waals surface area contributed by atoms with Crippen LogP contribution in [0.15, 0.2) is 22.6 Å². The van der Waals surface area contributed by atoms with Crippen molar-refractivity contribution in [2.24, 2.45) is 5.92 Å². The summed E-state index contributed by atoms with van der Waals surface area (Å²) in [4.78, 5) is 0. The van der Waals surface area contributed by atoms with Gasteiger partial charge in [-0.2, -0.15) is 0 Å². The zero-order valence-electron chi connectivity index (χ0n) is 11.8. The van der Waals surface area contributed by atoms with Crippen molar-refractivity contribution < 1.29 is 12.8 Å². The van der Waals surface area contributed by atoms with Crippen molar-refractivity contribution in [3.63, 3.8) is 0 Å². The van der Waals surface area contributed by atoms with Gasteiger partial charge in [-0.05, 0) is 43.9 Å². The van der Waals surface area contributed by atoms with Gasteiger partial charge in [-0.15, -0.1) is 0 Å². The maximum Gasteiger partial charge on any atom is 0.232 e. The van der Waals surface area contributed by atoms with Crippen LogP contribution in [0.1, 0.15) is 31.6 Å². The van der Waals surface area contributed by atoms with E-state index in [1.54, 1.807) is 13.0 Å². The minimum atomic E-state index is -3.24. The molecule has 0 bridgehead atoms. The Labute approximate surface area is 119 Å². The second kappa shape index (κ2) is 4.81. The fraction of sp³-hybridized carbons (Fsp3) is 0.467. The number of anilines is 1.